The van der Waals surface area contributed by atoms with E-state index in [2.05, 4.69) is 20.4 Å². The van der Waals surface area contributed by atoms with Crippen LogP contribution in [0.2, 0.25) is 0 Å². The lowest BCUT2D eigenvalue weighted by Crippen LogP contribution is -2.13. The third kappa shape index (κ3) is 2.91. The SMILES string of the molecule is N#Cc1ccc(C(F)(F)F)nc1NCc1ccnc2ccnn12. The van der Waals surface area contributed by atoms with E-state index < -0.39 is 11.9 Å². The second-order valence-corrected chi connectivity index (χ2v) is 4.59. The van der Waals surface area contributed by atoms with Gasteiger partial charge in [0.05, 0.1) is 24.0 Å². The second-order valence-electron chi connectivity index (χ2n) is 4.59. The van der Waals surface area contributed by atoms with E-state index in [0.29, 0.717) is 11.3 Å². The molecule has 0 saturated heterocycles. The first-order chi connectivity index (χ1) is 11.0. The summed E-state index contributed by atoms with van der Waals surface area (Å²) < 4.78 is 39.8. The highest BCUT2D eigenvalue weighted by molar-refractivity contribution is 5.52. The van der Waals surface area contributed by atoms with E-state index in [-0.39, 0.29) is 17.9 Å². The van der Waals surface area contributed by atoms with E-state index in [1.54, 1.807) is 29.0 Å². The number of nitrogens with zero attached hydrogens (tertiary/aromatic N) is 5. The standard InChI is InChI=1S/C14H9F3N6/c15-14(16,17)11-2-1-9(7-18)13(22-11)20-8-10-3-5-19-12-4-6-21-23(10)12/h1-6H,8H2,(H,20,22). The average molecular weight is 318 g/mol. The van der Waals surface area contributed by atoms with Crippen molar-refractivity contribution in [2.24, 2.45) is 0 Å². The van der Waals surface area contributed by atoms with Crippen molar-refractivity contribution in [3.8, 4) is 6.07 Å². The van der Waals surface area contributed by atoms with Crippen molar-refractivity contribution in [3.63, 3.8) is 0 Å². The molecule has 0 amide bonds. The summed E-state index contributed by atoms with van der Waals surface area (Å²) in [4.78, 5) is 7.59. The van der Waals surface area contributed by atoms with Gasteiger partial charge in [0.15, 0.2) is 5.65 Å². The van der Waals surface area contributed by atoms with Gasteiger partial charge in [-0.15, -0.1) is 0 Å². The van der Waals surface area contributed by atoms with Gasteiger partial charge >= 0.3 is 6.18 Å². The van der Waals surface area contributed by atoms with Crippen LogP contribution in [0.3, 0.4) is 0 Å². The van der Waals surface area contributed by atoms with Crippen LogP contribution in [0.4, 0.5) is 19.0 Å². The van der Waals surface area contributed by atoms with Gasteiger partial charge in [0.1, 0.15) is 17.6 Å². The normalized spacial score (nSPS) is 11.4. The van der Waals surface area contributed by atoms with Crippen LogP contribution in [0.15, 0.2) is 36.7 Å². The molecule has 0 aliphatic heterocycles. The number of hydrogen-bond acceptors (Lipinski definition) is 5. The molecule has 0 unspecified atom stereocenters. The Morgan fingerprint density at radius 1 is 1.17 bits per heavy atom. The topological polar surface area (TPSA) is 78.9 Å². The van der Waals surface area contributed by atoms with Gasteiger partial charge in [-0.3, -0.25) is 0 Å². The summed E-state index contributed by atoms with van der Waals surface area (Å²) in [5.41, 5.74) is 0.256. The van der Waals surface area contributed by atoms with Crippen molar-refractivity contribution in [1.82, 2.24) is 19.6 Å². The van der Waals surface area contributed by atoms with E-state index in [1.165, 1.54) is 0 Å². The molecule has 0 spiro atoms. The molecule has 0 radical (unpaired) electrons. The zero-order valence-electron chi connectivity index (χ0n) is 11.5. The molecule has 0 aliphatic rings. The largest absolute Gasteiger partial charge is 0.433 e. The van der Waals surface area contributed by atoms with Gasteiger partial charge in [0.2, 0.25) is 0 Å². The fourth-order valence-corrected chi connectivity index (χ4v) is 2.04. The van der Waals surface area contributed by atoms with Gasteiger partial charge in [0.25, 0.3) is 0 Å². The first-order valence-electron chi connectivity index (χ1n) is 6.49. The predicted molar refractivity (Wildman–Crippen MR) is 74.3 cm³/mol. The highest BCUT2D eigenvalue weighted by Crippen LogP contribution is 2.29. The summed E-state index contributed by atoms with van der Waals surface area (Å²) in [6.07, 6.45) is -1.44. The van der Waals surface area contributed by atoms with Crippen molar-refractivity contribution in [2.45, 2.75) is 12.7 Å². The maximum absolute atomic E-state index is 12.7. The first-order valence-corrected chi connectivity index (χ1v) is 6.49. The van der Waals surface area contributed by atoms with Gasteiger partial charge in [-0.2, -0.15) is 23.5 Å². The van der Waals surface area contributed by atoms with Crippen LogP contribution in [0.1, 0.15) is 17.0 Å². The van der Waals surface area contributed by atoms with Crippen LogP contribution in [-0.4, -0.2) is 19.6 Å². The number of aromatic nitrogens is 4. The van der Waals surface area contributed by atoms with Crippen molar-refractivity contribution in [3.05, 3.63) is 53.6 Å². The number of halogens is 3. The van der Waals surface area contributed by atoms with Crippen molar-refractivity contribution in [1.29, 1.82) is 5.26 Å². The Bertz CT molecular complexity index is 893. The Labute approximate surface area is 128 Å². The number of nitriles is 1. The minimum atomic E-state index is -4.57. The molecule has 3 aromatic rings. The molecule has 6 nitrogen and oxygen atoms in total. The Morgan fingerprint density at radius 3 is 2.74 bits per heavy atom. The van der Waals surface area contributed by atoms with E-state index in [4.69, 9.17) is 5.26 Å². The number of pyridine rings is 1. The molecule has 0 bridgehead atoms. The van der Waals surface area contributed by atoms with Crippen LogP contribution >= 0.6 is 0 Å². The zero-order valence-corrected chi connectivity index (χ0v) is 11.5. The van der Waals surface area contributed by atoms with Crippen molar-refractivity contribution >= 4 is 11.5 Å². The number of fused-ring (bicyclic) bond motifs is 1. The fraction of sp³-hybridized carbons (Fsp3) is 0.143. The summed E-state index contributed by atoms with van der Waals surface area (Å²) in [5.74, 6) is -0.126. The maximum Gasteiger partial charge on any atom is 0.433 e. The van der Waals surface area contributed by atoms with Crippen LogP contribution < -0.4 is 5.32 Å². The first kappa shape index (κ1) is 14.8. The van der Waals surface area contributed by atoms with Gasteiger partial charge in [-0.05, 0) is 18.2 Å². The summed E-state index contributed by atoms with van der Waals surface area (Å²) in [5, 5.41) is 15.8. The summed E-state index contributed by atoms with van der Waals surface area (Å²) in [6.45, 7) is 0.143. The molecule has 3 rings (SSSR count). The Hall–Kier alpha value is -3.15. The highest BCUT2D eigenvalue weighted by Gasteiger charge is 2.33. The van der Waals surface area contributed by atoms with E-state index in [0.717, 1.165) is 12.1 Å². The Morgan fingerprint density at radius 2 is 2.00 bits per heavy atom. The fourth-order valence-electron chi connectivity index (χ4n) is 2.04. The van der Waals surface area contributed by atoms with E-state index in [1.807, 2.05) is 6.07 Å². The summed E-state index contributed by atoms with van der Waals surface area (Å²) in [6, 6.07) is 7.06. The second kappa shape index (κ2) is 5.57. The molecule has 116 valence electrons. The molecule has 9 heteroatoms. The quantitative estimate of drug-likeness (QED) is 0.803. The van der Waals surface area contributed by atoms with Gasteiger partial charge in [-0.25, -0.2) is 14.5 Å². The molecule has 0 fully saturated rings. The van der Waals surface area contributed by atoms with Gasteiger partial charge < -0.3 is 5.32 Å². The monoisotopic (exact) mass is 318 g/mol. The molecule has 3 heterocycles. The zero-order chi connectivity index (χ0) is 16.4. The number of nitrogens with one attached hydrogen (secondary N) is 1. The van der Waals surface area contributed by atoms with Crippen LogP contribution in [0.5, 0.6) is 0 Å². The number of rotatable bonds is 3. The molecule has 0 aliphatic carbocycles. The molecular weight excluding hydrogens is 309 g/mol. The van der Waals surface area contributed by atoms with Crippen LogP contribution in [0.25, 0.3) is 5.65 Å². The Kier molecular flexibility index (Phi) is 3.57. The van der Waals surface area contributed by atoms with Gasteiger partial charge in [0, 0.05) is 12.3 Å². The predicted octanol–water partition coefficient (Wildman–Crippen LogP) is 2.63. The average Bonchev–Trinajstić information content (AvgIpc) is 3.00. The number of alkyl halides is 3. The third-order valence-electron chi connectivity index (χ3n) is 3.11. The van der Waals surface area contributed by atoms with Crippen LogP contribution in [-0.2, 0) is 12.7 Å². The minimum Gasteiger partial charge on any atom is -0.363 e. The molecule has 23 heavy (non-hydrogen) atoms. The van der Waals surface area contributed by atoms with Crippen molar-refractivity contribution in [2.75, 3.05) is 5.32 Å². The third-order valence-corrected chi connectivity index (χ3v) is 3.11. The lowest BCUT2D eigenvalue weighted by molar-refractivity contribution is -0.141. The van der Waals surface area contributed by atoms with E-state index >= 15 is 0 Å². The summed E-state index contributed by atoms with van der Waals surface area (Å²) >= 11 is 0. The smallest absolute Gasteiger partial charge is 0.363 e. The maximum atomic E-state index is 12.7. The molecule has 3 aromatic heterocycles. The minimum absolute atomic E-state index is 0.0313. The molecule has 0 saturated carbocycles. The Balaban J connectivity index is 1.90. The summed E-state index contributed by atoms with van der Waals surface area (Å²) in [7, 11) is 0. The molecule has 0 atom stereocenters. The molecular formula is C14H9F3N6. The molecule has 0 aromatic carbocycles. The number of hydrogen-bond donors (Lipinski definition) is 1. The van der Waals surface area contributed by atoms with E-state index in [9.17, 15) is 13.2 Å². The van der Waals surface area contributed by atoms with Crippen LogP contribution in [0, 0.1) is 11.3 Å². The number of anilines is 1. The molecule has 1 N–H and O–H groups in total. The van der Waals surface area contributed by atoms with Crippen molar-refractivity contribution < 1.29 is 13.2 Å². The highest BCUT2D eigenvalue weighted by atomic mass is 19.4. The lowest BCUT2D eigenvalue weighted by Gasteiger charge is -2.11. The van der Waals surface area contributed by atoms with Gasteiger partial charge in [-0.1, -0.05) is 0 Å². The lowest BCUT2D eigenvalue weighted by atomic mass is 10.2.